The number of para-hydroxylation sites is 1. The van der Waals surface area contributed by atoms with Crippen molar-refractivity contribution in [3.05, 3.63) is 23.8 Å². The molecule has 0 heterocycles. The van der Waals surface area contributed by atoms with Crippen molar-refractivity contribution in [3.63, 3.8) is 0 Å². The lowest BCUT2D eigenvalue weighted by Gasteiger charge is -2.20. The summed E-state index contributed by atoms with van der Waals surface area (Å²) in [5.41, 5.74) is 8.64. The summed E-state index contributed by atoms with van der Waals surface area (Å²) in [6.07, 6.45) is 0.640. The molecule has 0 aliphatic rings. The second-order valence-electron chi connectivity index (χ2n) is 3.85. The molecule has 1 unspecified atom stereocenters. The maximum absolute atomic E-state index is 8.95. The van der Waals surface area contributed by atoms with Crippen LogP contribution in [0.15, 0.2) is 18.2 Å². The van der Waals surface area contributed by atoms with Gasteiger partial charge in [0.2, 0.25) is 0 Å². The Morgan fingerprint density at radius 1 is 1.50 bits per heavy atom. The van der Waals surface area contributed by atoms with Gasteiger partial charge in [-0.1, -0.05) is 12.1 Å². The first-order valence-corrected chi connectivity index (χ1v) is 5.40. The summed E-state index contributed by atoms with van der Waals surface area (Å²) >= 11 is 0. The number of rotatable bonds is 6. The molecule has 90 valence electrons. The van der Waals surface area contributed by atoms with E-state index < -0.39 is 0 Å². The van der Waals surface area contributed by atoms with Crippen LogP contribution < -0.4 is 11.1 Å². The zero-order chi connectivity index (χ0) is 12.0. The second-order valence-corrected chi connectivity index (χ2v) is 3.85. The molecule has 0 fully saturated rings. The molecule has 1 atom stereocenters. The molecule has 4 heteroatoms. The van der Waals surface area contributed by atoms with Gasteiger partial charge in [0.05, 0.1) is 24.0 Å². The number of ether oxygens (including phenoxy) is 1. The highest BCUT2D eigenvalue weighted by Crippen LogP contribution is 2.23. The number of nitrogen functional groups attached to an aromatic ring is 1. The molecule has 0 saturated carbocycles. The summed E-state index contributed by atoms with van der Waals surface area (Å²) in [5.74, 6) is 0. The number of benzene rings is 1. The number of aryl methyl sites for hydroxylation is 1. The minimum atomic E-state index is 0.0819. The smallest absolute Gasteiger partial charge is 0.0664 e. The fourth-order valence-electron chi connectivity index (χ4n) is 1.65. The zero-order valence-corrected chi connectivity index (χ0v) is 9.86. The predicted octanol–water partition coefficient (Wildman–Crippen LogP) is 1.39. The Balaban J connectivity index is 2.76. The van der Waals surface area contributed by atoms with Crippen LogP contribution in [0.2, 0.25) is 0 Å². The third-order valence-electron chi connectivity index (χ3n) is 2.50. The Morgan fingerprint density at radius 2 is 2.25 bits per heavy atom. The van der Waals surface area contributed by atoms with Crippen LogP contribution in [0.5, 0.6) is 0 Å². The molecule has 0 radical (unpaired) electrons. The maximum Gasteiger partial charge on any atom is 0.0664 e. The van der Waals surface area contributed by atoms with Gasteiger partial charge in [0.1, 0.15) is 0 Å². The molecule has 0 aromatic heterocycles. The first-order valence-electron chi connectivity index (χ1n) is 5.40. The van der Waals surface area contributed by atoms with Gasteiger partial charge in [-0.25, -0.2) is 0 Å². The van der Waals surface area contributed by atoms with Crippen LogP contribution in [0.25, 0.3) is 0 Å². The molecule has 1 aromatic rings. The fraction of sp³-hybridized carbons (Fsp3) is 0.500. The van der Waals surface area contributed by atoms with Crippen molar-refractivity contribution >= 4 is 11.4 Å². The number of nitrogens with two attached hydrogens (primary N) is 1. The first-order chi connectivity index (χ1) is 7.69. The van der Waals surface area contributed by atoms with Crippen LogP contribution >= 0.6 is 0 Å². The van der Waals surface area contributed by atoms with E-state index in [0.717, 1.165) is 16.9 Å². The average Bonchev–Trinajstić information content (AvgIpc) is 2.24. The molecule has 16 heavy (non-hydrogen) atoms. The van der Waals surface area contributed by atoms with Crippen LogP contribution in [-0.4, -0.2) is 31.5 Å². The highest BCUT2D eigenvalue weighted by molar-refractivity contribution is 5.70. The second kappa shape index (κ2) is 6.35. The lowest BCUT2D eigenvalue weighted by molar-refractivity contribution is 0.170. The average molecular weight is 224 g/mol. The van der Waals surface area contributed by atoms with Gasteiger partial charge in [-0.05, 0) is 25.0 Å². The number of aliphatic hydroxyl groups is 1. The molecule has 0 bridgehead atoms. The number of anilines is 2. The Kier molecular flexibility index (Phi) is 5.08. The van der Waals surface area contributed by atoms with E-state index in [2.05, 4.69) is 5.32 Å². The molecule has 0 aliphatic carbocycles. The zero-order valence-electron chi connectivity index (χ0n) is 9.86. The van der Waals surface area contributed by atoms with Gasteiger partial charge in [-0.15, -0.1) is 0 Å². The summed E-state index contributed by atoms with van der Waals surface area (Å²) in [6.45, 7) is 2.68. The number of aliphatic hydroxyl groups excluding tert-OH is 1. The van der Waals surface area contributed by atoms with Gasteiger partial charge >= 0.3 is 0 Å². The van der Waals surface area contributed by atoms with Gasteiger partial charge in [0.25, 0.3) is 0 Å². The number of hydrogen-bond donors (Lipinski definition) is 3. The molecule has 1 aromatic carbocycles. The SMILES string of the molecule is COCC(CCO)Nc1c(C)cccc1N. The molecule has 0 spiro atoms. The highest BCUT2D eigenvalue weighted by Gasteiger charge is 2.10. The summed E-state index contributed by atoms with van der Waals surface area (Å²) in [4.78, 5) is 0. The molecule has 0 aliphatic heterocycles. The van der Waals surface area contributed by atoms with Crippen LogP contribution in [0.4, 0.5) is 11.4 Å². The maximum atomic E-state index is 8.95. The standard InChI is InChI=1S/C12H20N2O2/c1-9-4-3-5-11(13)12(9)14-10(6-7-15)8-16-2/h3-5,10,14-15H,6-8,13H2,1-2H3. The Labute approximate surface area is 96.4 Å². The number of hydrogen-bond acceptors (Lipinski definition) is 4. The van der Waals surface area contributed by atoms with E-state index in [0.29, 0.717) is 13.0 Å². The first kappa shape index (κ1) is 12.8. The lowest BCUT2D eigenvalue weighted by Crippen LogP contribution is -2.27. The molecule has 0 amide bonds. The quantitative estimate of drug-likeness (QED) is 0.639. The number of methoxy groups -OCH3 is 1. The van der Waals surface area contributed by atoms with E-state index in [1.54, 1.807) is 7.11 Å². The van der Waals surface area contributed by atoms with Crippen molar-refractivity contribution in [2.24, 2.45) is 0 Å². The fourth-order valence-corrected chi connectivity index (χ4v) is 1.65. The van der Waals surface area contributed by atoms with Crippen LogP contribution in [0, 0.1) is 6.92 Å². The summed E-state index contributed by atoms with van der Waals surface area (Å²) in [5, 5.41) is 12.3. The summed E-state index contributed by atoms with van der Waals surface area (Å²) < 4.78 is 5.09. The van der Waals surface area contributed by atoms with E-state index in [-0.39, 0.29) is 12.6 Å². The molecule has 1 rings (SSSR count). The largest absolute Gasteiger partial charge is 0.397 e. The predicted molar refractivity (Wildman–Crippen MR) is 66.6 cm³/mol. The van der Waals surface area contributed by atoms with Gasteiger partial charge in [-0.2, -0.15) is 0 Å². The number of nitrogens with one attached hydrogen (secondary N) is 1. The third kappa shape index (κ3) is 3.40. The van der Waals surface area contributed by atoms with Crippen molar-refractivity contribution < 1.29 is 9.84 Å². The summed E-state index contributed by atoms with van der Waals surface area (Å²) in [6, 6.07) is 5.87. The topological polar surface area (TPSA) is 67.5 Å². The van der Waals surface area contributed by atoms with E-state index >= 15 is 0 Å². The van der Waals surface area contributed by atoms with Crippen molar-refractivity contribution in [3.8, 4) is 0 Å². The Morgan fingerprint density at radius 3 is 2.81 bits per heavy atom. The van der Waals surface area contributed by atoms with E-state index in [4.69, 9.17) is 15.6 Å². The molecular formula is C12H20N2O2. The Hall–Kier alpha value is -1.26. The van der Waals surface area contributed by atoms with Gasteiger partial charge in [0, 0.05) is 13.7 Å². The van der Waals surface area contributed by atoms with Gasteiger partial charge in [0.15, 0.2) is 0 Å². The van der Waals surface area contributed by atoms with E-state index in [9.17, 15) is 0 Å². The lowest BCUT2D eigenvalue weighted by atomic mass is 10.1. The van der Waals surface area contributed by atoms with Crippen molar-refractivity contribution in [2.75, 3.05) is 31.4 Å². The van der Waals surface area contributed by atoms with E-state index in [1.165, 1.54) is 0 Å². The normalized spacial score (nSPS) is 12.4. The summed E-state index contributed by atoms with van der Waals surface area (Å²) in [7, 11) is 1.65. The van der Waals surface area contributed by atoms with Crippen molar-refractivity contribution in [2.45, 2.75) is 19.4 Å². The Bertz CT molecular complexity index is 303. The van der Waals surface area contributed by atoms with Crippen molar-refractivity contribution in [1.29, 1.82) is 0 Å². The van der Waals surface area contributed by atoms with Crippen molar-refractivity contribution in [1.82, 2.24) is 0 Å². The van der Waals surface area contributed by atoms with Crippen LogP contribution in [0.3, 0.4) is 0 Å². The highest BCUT2D eigenvalue weighted by atomic mass is 16.5. The monoisotopic (exact) mass is 224 g/mol. The molecule has 0 saturated heterocycles. The van der Waals surface area contributed by atoms with E-state index in [1.807, 2.05) is 25.1 Å². The minimum Gasteiger partial charge on any atom is -0.397 e. The molecular weight excluding hydrogens is 204 g/mol. The minimum absolute atomic E-state index is 0.0819. The molecule has 4 N–H and O–H groups in total. The van der Waals surface area contributed by atoms with Gasteiger partial charge < -0.3 is 20.9 Å². The van der Waals surface area contributed by atoms with Gasteiger partial charge in [-0.3, -0.25) is 0 Å². The van der Waals surface area contributed by atoms with Crippen LogP contribution in [0.1, 0.15) is 12.0 Å². The molecule has 4 nitrogen and oxygen atoms in total. The van der Waals surface area contributed by atoms with Crippen LogP contribution in [-0.2, 0) is 4.74 Å². The third-order valence-corrected chi connectivity index (χ3v) is 2.50.